The zero-order valence-electron chi connectivity index (χ0n) is 9.73. The molecule has 0 saturated heterocycles. The number of methoxy groups -OCH3 is 2. The third-order valence-corrected chi connectivity index (χ3v) is 1.71. The monoisotopic (exact) mass is 224 g/mol. The predicted octanol–water partition coefficient (Wildman–Crippen LogP) is 1.78. The summed E-state index contributed by atoms with van der Waals surface area (Å²) in [6, 6.07) is 0. The highest BCUT2D eigenvalue weighted by Crippen LogP contribution is 2.06. The number of esters is 2. The number of carbonyl (C=O) groups excluding carboxylic acids is 2. The minimum atomic E-state index is -0.578. The molecule has 4 heteroatoms. The second-order valence-electron chi connectivity index (χ2n) is 3.02. The van der Waals surface area contributed by atoms with Gasteiger partial charge in [0.15, 0.2) is 0 Å². The molecule has 0 aromatic heterocycles. The summed E-state index contributed by atoms with van der Waals surface area (Å²) in [7, 11) is 2.45. The zero-order chi connectivity index (χ0) is 12.4. The Morgan fingerprint density at radius 1 is 1.19 bits per heavy atom. The average Bonchev–Trinajstić information content (AvgIpc) is 2.77. The van der Waals surface area contributed by atoms with Crippen molar-refractivity contribution in [3.63, 3.8) is 0 Å². The van der Waals surface area contributed by atoms with E-state index in [0.717, 1.165) is 12.2 Å². The SMILES string of the molecule is CC1=CC=CC1.COC(=O)/C=C\C(=O)OC. The van der Waals surface area contributed by atoms with Crippen LogP contribution in [0.4, 0.5) is 0 Å². The van der Waals surface area contributed by atoms with Gasteiger partial charge in [0.25, 0.3) is 0 Å². The summed E-state index contributed by atoms with van der Waals surface area (Å²) in [4.78, 5) is 20.6. The standard InChI is InChI=1S/C6H8O4.C6H8/c1-9-5(7)3-4-6(8)10-2;1-6-4-2-3-5-6/h3-4H,1-2H3;2-4H,5H2,1H3/b4-3-;. The fraction of sp³-hybridized carbons (Fsp3) is 0.333. The maximum atomic E-state index is 10.3. The van der Waals surface area contributed by atoms with Gasteiger partial charge in [0.1, 0.15) is 0 Å². The Labute approximate surface area is 95.2 Å². The lowest BCUT2D eigenvalue weighted by molar-refractivity contribution is -0.137. The van der Waals surface area contributed by atoms with Gasteiger partial charge in [-0.3, -0.25) is 0 Å². The lowest BCUT2D eigenvalue weighted by Gasteiger charge is -1.89. The number of ether oxygens (including phenoxy) is 2. The Bertz CT molecular complexity index is 306. The first-order valence-electron chi connectivity index (χ1n) is 4.76. The molecule has 0 amide bonds. The maximum Gasteiger partial charge on any atom is 0.330 e. The van der Waals surface area contributed by atoms with Gasteiger partial charge in [-0.25, -0.2) is 9.59 Å². The molecular formula is C12H16O4. The summed E-state index contributed by atoms with van der Waals surface area (Å²) in [5.74, 6) is -1.16. The summed E-state index contributed by atoms with van der Waals surface area (Å²) in [6.07, 6.45) is 9.54. The molecule has 0 aliphatic heterocycles. The third-order valence-electron chi connectivity index (χ3n) is 1.71. The normalized spacial score (nSPS) is 12.8. The van der Waals surface area contributed by atoms with E-state index in [-0.39, 0.29) is 0 Å². The Balaban J connectivity index is 0.000000315. The van der Waals surface area contributed by atoms with Crippen LogP contribution in [0, 0.1) is 0 Å². The van der Waals surface area contributed by atoms with E-state index < -0.39 is 11.9 Å². The summed E-state index contributed by atoms with van der Waals surface area (Å²) >= 11 is 0. The molecule has 0 fully saturated rings. The van der Waals surface area contributed by atoms with Crippen molar-refractivity contribution in [1.82, 2.24) is 0 Å². The molecule has 0 saturated carbocycles. The highest BCUT2D eigenvalue weighted by atomic mass is 16.5. The largest absolute Gasteiger partial charge is 0.466 e. The molecule has 0 bridgehead atoms. The van der Waals surface area contributed by atoms with Gasteiger partial charge in [-0.1, -0.05) is 23.8 Å². The molecule has 0 N–H and O–H groups in total. The first-order valence-corrected chi connectivity index (χ1v) is 4.76. The van der Waals surface area contributed by atoms with E-state index in [1.54, 1.807) is 0 Å². The molecule has 0 aromatic carbocycles. The van der Waals surface area contributed by atoms with Crippen molar-refractivity contribution in [1.29, 1.82) is 0 Å². The van der Waals surface area contributed by atoms with Gasteiger partial charge in [0.2, 0.25) is 0 Å². The van der Waals surface area contributed by atoms with Crippen LogP contribution in [0.5, 0.6) is 0 Å². The van der Waals surface area contributed by atoms with Crippen LogP contribution < -0.4 is 0 Å². The van der Waals surface area contributed by atoms with E-state index in [1.807, 2.05) is 0 Å². The highest BCUT2D eigenvalue weighted by molar-refractivity contribution is 5.91. The minimum absolute atomic E-state index is 0.578. The fourth-order valence-corrected chi connectivity index (χ4v) is 0.826. The first kappa shape index (κ1) is 14.2. The number of hydrogen-bond donors (Lipinski definition) is 0. The van der Waals surface area contributed by atoms with Crippen LogP contribution >= 0.6 is 0 Å². The first-order chi connectivity index (χ1) is 7.60. The summed E-state index contributed by atoms with van der Waals surface area (Å²) in [6.45, 7) is 2.14. The van der Waals surface area contributed by atoms with Gasteiger partial charge in [-0.15, -0.1) is 0 Å². The molecule has 0 spiro atoms. The Kier molecular flexibility index (Phi) is 7.49. The van der Waals surface area contributed by atoms with Crippen molar-refractivity contribution in [2.45, 2.75) is 13.3 Å². The lowest BCUT2D eigenvalue weighted by atomic mass is 10.3. The molecule has 16 heavy (non-hydrogen) atoms. The van der Waals surface area contributed by atoms with Crippen LogP contribution in [0.25, 0.3) is 0 Å². The van der Waals surface area contributed by atoms with E-state index in [4.69, 9.17) is 0 Å². The molecule has 88 valence electrons. The van der Waals surface area contributed by atoms with Gasteiger partial charge in [-0.2, -0.15) is 0 Å². The van der Waals surface area contributed by atoms with Gasteiger partial charge >= 0.3 is 11.9 Å². The number of hydrogen-bond acceptors (Lipinski definition) is 4. The van der Waals surface area contributed by atoms with Gasteiger partial charge < -0.3 is 9.47 Å². The zero-order valence-corrected chi connectivity index (χ0v) is 9.73. The maximum absolute atomic E-state index is 10.3. The van der Waals surface area contributed by atoms with Crippen LogP contribution in [-0.4, -0.2) is 26.2 Å². The van der Waals surface area contributed by atoms with E-state index in [1.165, 1.54) is 26.2 Å². The van der Waals surface area contributed by atoms with Crippen LogP contribution in [0.3, 0.4) is 0 Å². The summed E-state index contributed by atoms with van der Waals surface area (Å²) in [5.41, 5.74) is 1.47. The second-order valence-corrected chi connectivity index (χ2v) is 3.02. The topological polar surface area (TPSA) is 52.6 Å². The average molecular weight is 224 g/mol. The second kappa shape index (κ2) is 8.47. The number of allylic oxidation sites excluding steroid dienone is 4. The van der Waals surface area contributed by atoms with E-state index in [9.17, 15) is 9.59 Å². The Morgan fingerprint density at radius 3 is 1.88 bits per heavy atom. The highest BCUT2D eigenvalue weighted by Gasteiger charge is 1.94. The molecular weight excluding hydrogens is 208 g/mol. The summed E-state index contributed by atoms with van der Waals surface area (Å²) < 4.78 is 8.42. The molecule has 0 heterocycles. The Hall–Kier alpha value is -1.84. The summed E-state index contributed by atoms with van der Waals surface area (Å²) in [5, 5.41) is 0. The molecule has 1 rings (SSSR count). The van der Waals surface area contributed by atoms with Crippen molar-refractivity contribution in [2.75, 3.05) is 14.2 Å². The van der Waals surface area contributed by atoms with Crippen molar-refractivity contribution in [2.24, 2.45) is 0 Å². The molecule has 1 aliphatic carbocycles. The molecule has 0 aromatic rings. The third kappa shape index (κ3) is 7.55. The van der Waals surface area contributed by atoms with Crippen molar-refractivity contribution in [3.8, 4) is 0 Å². The van der Waals surface area contributed by atoms with Crippen molar-refractivity contribution < 1.29 is 19.1 Å². The number of carbonyl (C=O) groups is 2. The van der Waals surface area contributed by atoms with Gasteiger partial charge in [0, 0.05) is 12.2 Å². The van der Waals surface area contributed by atoms with Gasteiger partial charge in [0.05, 0.1) is 14.2 Å². The van der Waals surface area contributed by atoms with Crippen molar-refractivity contribution in [3.05, 3.63) is 36.0 Å². The van der Waals surface area contributed by atoms with E-state index >= 15 is 0 Å². The molecule has 0 radical (unpaired) electrons. The van der Waals surface area contributed by atoms with Crippen LogP contribution in [-0.2, 0) is 19.1 Å². The van der Waals surface area contributed by atoms with Gasteiger partial charge in [-0.05, 0) is 13.3 Å². The lowest BCUT2D eigenvalue weighted by Crippen LogP contribution is -1.98. The molecule has 0 unspecified atom stereocenters. The number of rotatable bonds is 2. The van der Waals surface area contributed by atoms with E-state index in [2.05, 4.69) is 34.6 Å². The van der Waals surface area contributed by atoms with Crippen LogP contribution in [0.1, 0.15) is 13.3 Å². The smallest absolute Gasteiger partial charge is 0.330 e. The van der Waals surface area contributed by atoms with E-state index in [0.29, 0.717) is 0 Å². The van der Waals surface area contributed by atoms with Crippen molar-refractivity contribution >= 4 is 11.9 Å². The Morgan fingerprint density at radius 2 is 1.69 bits per heavy atom. The molecule has 4 nitrogen and oxygen atoms in total. The fourth-order valence-electron chi connectivity index (χ4n) is 0.826. The minimum Gasteiger partial charge on any atom is -0.466 e. The molecule has 0 atom stereocenters. The van der Waals surface area contributed by atoms with Crippen LogP contribution in [0.2, 0.25) is 0 Å². The molecule has 1 aliphatic rings. The van der Waals surface area contributed by atoms with Crippen LogP contribution in [0.15, 0.2) is 36.0 Å². The predicted molar refractivity (Wildman–Crippen MR) is 60.7 cm³/mol. The quantitative estimate of drug-likeness (QED) is 0.530.